The van der Waals surface area contributed by atoms with Crippen molar-refractivity contribution in [3.05, 3.63) is 17.1 Å². The Bertz CT molecular complexity index is 477. The molecule has 0 amide bonds. The highest BCUT2D eigenvalue weighted by Gasteiger charge is 2.27. The van der Waals surface area contributed by atoms with Crippen LogP contribution in [0.15, 0.2) is 0 Å². The second kappa shape index (κ2) is 6.03. The summed E-state index contributed by atoms with van der Waals surface area (Å²) in [6.07, 6.45) is 4.30. The fraction of sp³-hybridized carbons (Fsp3) is 0.714. The Morgan fingerprint density at radius 2 is 2.30 bits per heavy atom. The highest BCUT2D eigenvalue weighted by atomic mass is 16.5. The number of nitrogens with zero attached hydrogens (tertiary/aromatic N) is 3. The van der Waals surface area contributed by atoms with Crippen LogP contribution < -0.4 is 11.3 Å². The highest BCUT2D eigenvalue weighted by molar-refractivity contribution is 5.48. The Kier molecular flexibility index (Phi) is 4.14. The van der Waals surface area contributed by atoms with Gasteiger partial charge in [0.25, 0.3) is 0 Å². The number of hydrogen-bond donors (Lipinski definition) is 2. The molecule has 1 saturated heterocycles. The summed E-state index contributed by atoms with van der Waals surface area (Å²) in [5.41, 5.74) is 5.04. The molecule has 1 aliphatic carbocycles. The number of ether oxygens (including phenoxy) is 1. The lowest BCUT2D eigenvalue weighted by atomic mass is 10.2. The second-order valence-electron chi connectivity index (χ2n) is 5.51. The number of aryl methyl sites for hydroxylation is 1. The van der Waals surface area contributed by atoms with Crippen LogP contribution in [0.4, 0.5) is 5.82 Å². The van der Waals surface area contributed by atoms with E-state index in [9.17, 15) is 0 Å². The minimum absolute atomic E-state index is 0.0340. The molecule has 2 heterocycles. The highest BCUT2D eigenvalue weighted by Crippen LogP contribution is 2.29. The summed E-state index contributed by atoms with van der Waals surface area (Å²) in [6, 6.07) is 0. The van der Waals surface area contributed by atoms with Crippen LogP contribution in [-0.2, 0) is 17.6 Å². The van der Waals surface area contributed by atoms with Crippen molar-refractivity contribution in [2.45, 2.75) is 38.7 Å². The molecular weight excluding hydrogens is 254 g/mol. The van der Waals surface area contributed by atoms with E-state index in [1.54, 1.807) is 0 Å². The zero-order valence-electron chi connectivity index (χ0n) is 12.1. The average Bonchev–Trinajstić information content (AvgIpc) is 2.95. The zero-order valence-corrected chi connectivity index (χ0v) is 12.1. The first-order valence-electron chi connectivity index (χ1n) is 7.52. The summed E-state index contributed by atoms with van der Waals surface area (Å²) >= 11 is 0. The van der Waals surface area contributed by atoms with Gasteiger partial charge in [-0.15, -0.1) is 0 Å². The Hall–Kier alpha value is -1.24. The van der Waals surface area contributed by atoms with E-state index in [1.165, 1.54) is 5.56 Å². The van der Waals surface area contributed by atoms with E-state index in [2.05, 4.69) is 22.2 Å². The number of morpholine rings is 1. The SMILES string of the molecule is CCCN1CCOC(c2nc3c(c(NN)n2)CCC3)C1. The Morgan fingerprint density at radius 3 is 3.10 bits per heavy atom. The Labute approximate surface area is 119 Å². The minimum Gasteiger partial charge on any atom is -0.368 e. The van der Waals surface area contributed by atoms with E-state index in [-0.39, 0.29) is 6.10 Å². The third kappa shape index (κ3) is 2.63. The first-order valence-corrected chi connectivity index (χ1v) is 7.52. The van der Waals surface area contributed by atoms with Gasteiger partial charge in [0.05, 0.1) is 6.61 Å². The summed E-state index contributed by atoms with van der Waals surface area (Å²) < 4.78 is 5.86. The maximum absolute atomic E-state index is 5.86. The molecule has 6 heteroatoms. The molecule has 1 aliphatic heterocycles. The van der Waals surface area contributed by atoms with Crippen molar-refractivity contribution >= 4 is 5.82 Å². The van der Waals surface area contributed by atoms with Gasteiger partial charge in [0.2, 0.25) is 0 Å². The fourth-order valence-corrected chi connectivity index (χ4v) is 3.09. The summed E-state index contributed by atoms with van der Waals surface area (Å²) in [6.45, 7) is 5.92. The quantitative estimate of drug-likeness (QED) is 0.632. The van der Waals surface area contributed by atoms with Gasteiger partial charge in [-0.1, -0.05) is 6.92 Å². The molecule has 0 spiro atoms. The van der Waals surface area contributed by atoms with Crippen LogP contribution in [0.3, 0.4) is 0 Å². The number of hydrazine groups is 1. The molecule has 1 atom stereocenters. The van der Waals surface area contributed by atoms with Crippen LogP contribution in [0.25, 0.3) is 0 Å². The molecule has 1 unspecified atom stereocenters. The van der Waals surface area contributed by atoms with Crippen molar-refractivity contribution in [1.82, 2.24) is 14.9 Å². The van der Waals surface area contributed by atoms with Gasteiger partial charge in [0.1, 0.15) is 11.9 Å². The maximum Gasteiger partial charge on any atom is 0.161 e. The van der Waals surface area contributed by atoms with E-state index in [1.807, 2.05) is 0 Å². The van der Waals surface area contributed by atoms with E-state index in [0.29, 0.717) is 0 Å². The fourth-order valence-electron chi connectivity index (χ4n) is 3.09. The molecule has 0 saturated carbocycles. The van der Waals surface area contributed by atoms with Crippen molar-refractivity contribution in [3.8, 4) is 0 Å². The van der Waals surface area contributed by atoms with Crippen molar-refractivity contribution in [2.24, 2.45) is 5.84 Å². The predicted octanol–water partition coefficient (Wildman–Crippen LogP) is 1.03. The van der Waals surface area contributed by atoms with E-state index < -0.39 is 0 Å². The minimum atomic E-state index is -0.0340. The molecule has 0 aromatic carbocycles. The maximum atomic E-state index is 5.86. The predicted molar refractivity (Wildman–Crippen MR) is 77.3 cm³/mol. The van der Waals surface area contributed by atoms with E-state index >= 15 is 0 Å². The van der Waals surface area contributed by atoms with Crippen LogP contribution in [0.5, 0.6) is 0 Å². The van der Waals surface area contributed by atoms with Gasteiger partial charge in [0, 0.05) is 24.3 Å². The number of rotatable bonds is 4. The molecule has 110 valence electrons. The van der Waals surface area contributed by atoms with Crippen molar-refractivity contribution in [3.63, 3.8) is 0 Å². The molecule has 3 N–H and O–H groups in total. The van der Waals surface area contributed by atoms with Gasteiger partial charge in [-0.25, -0.2) is 15.8 Å². The number of anilines is 1. The molecule has 1 fully saturated rings. The van der Waals surface area contributed by atoms with Gasteiger partial charge in [0.15, 0.2) is 5.82 Å². The molecule has 20 heavy (non-hydrogen) atoms. The van der Waals surface area contributed by atoms with Crippen LogP contribution in [-0.4, -0.2) is 41.1 Å². The van der Waals surface area contributed by atoms with Crippen LogP contribution >= 0.6 is 0 Å². The molecule has 6 nitrogen and oxygen atoms in total. The molecule has 1 aromatic heterocycles. The van der Waals surface area contributed by atoms with Crippen LogP contribution in [0.1, 0.15) is 43.0 Å². The number of hydrogen-bond acceptors (Lipinski definition) is 6. The standard InChI is InChI=1S/C14H23N5O/c1-2-6-19-7-8-20-12(9-19)14-16-11-5-3-4-10(11)13(17-14)18-15/h12H,2-9,15H2,1H3,(H,16,17,18). The smallest absolute Gasteiger partial charge is 0.161 e. The monoisotopic (exact) mass is 277 g/mol. The van der Waals surface area contributed by atoms with Crippen molar-refractivity contribution in [1.29, 1.82) is 0 Å². The van der Waals surface area contributed by atoms with Gasteiger partial charge in [-0.2, -0.15) is 0 Å². The third-order valence-corrected chi connectivity index (χ3v) is 4.07. The van der Waals surface area contributed by atoms with Crippen molar-refractivity contribution in [2.75, 3.05) is 31.7 Å². The molecule has 3 rings (SSSR count). The summed E-state index contributed by atoms with van der Waals surface area (Å²) in [7, 11) is 0. The van der Waals surface area contributed by atoms with Gasteiger partial charge in [-0.05, 0) is 32.2 Å². The number of nitrogens with one attached hydrogen (secondary N) is 1. The molecule has 0 radical (unpaired) electrons. The molecular formula is C14H23N5O. The summed E-state index contributed by atoms with van der Waals surface area (Å²) in [5, 5.41) is 0. The summed E-state index contributed by atoms with van der Waals surface area (Å²) in [4.78, 5) is 11.7. The number of fused-ring (bicyclic) bond motifs is 1. The van der Waals surface area contributed by atoms with Crippen LogP contribution in [0, 0.1) is 0 Å². The van der Waals surface area contributed by atoms with Gasteiger partial charge >= 0.3 is 0 Å². The number of nitrogens with two attached hydrogens (primary N) is 1. The number of nitrogen functional groups attached to an aromatic ring is 1. The lowest BCUT2D eigenvalue weighted by Gasteiger charge is -2.32. The summed E-state index contributed by atoms with van der Waals surface area (Å²) in [5.74, 6) is 7.16. The molecule has 1 aromatic rings. The first kappa shape index (κ1) is 13.7. The van der Waals surface area contributed by atoms with Gasteiger partial charge in [-0.3, -0.25) is 4.90 Å². The normalized spacial score (nSPS) is 22.8. The van der Waals surface area contributed by atoms with Crippen LogP contribution in [0.2, 0.25) is 0 Å². The topological polar surface area (TPSA) is 76.3 Å². The Morgan fingerprint density at radius 1 is 1.40 bits per heavy atom. The average molecular weight is 277 g/mol. The van der Waals surface area contributed by atoms with Crippen molar-refractivity contribution < 1.29 is 4.74 Å². The first-order chi connectivity index (χ1) is 9.81. The zero-order chi connectivity index (χ0) is 13.9. The second-order valence-corrected chi connectivity index (χ2v) is 5.51. The molecule has 2 aliphatic rings. The number of aromatic nitrogens is 2. The van der Waals surface area contributed by atoms with Gasteiger partial charge < -0.3 is 10.2 Å². The molecule has 0 bridgehead atoms. The van der Waals surface area contributed by atoms with E-state index in [4.69, 9.17) is 15.6 Å². The lowest BCUT2D eigenvalue weighted by molar-refractivity contribution is -0.0342. The third-order valence-electron chi connectivity index (χ3n) is 4.07. The Balaban J connectivity index is 1.83. The largest absolute Gasteiger partial charge is 0.368 e. The lowest BCUT2D eigenvalue weighted by Crippen LogP contribution is -2.39. The van der Waals surface area contributed by atoms with E-state index in [0.717, 1.165) is 69.3 Å².